The first-order valence-electron chi connectivity index (χ1n) is 10.6. The average Bonchev–Trinajstić information content (AvgIpc) is 3.19. The minimum absolute atomic E-state index is 0.0288. The highest BCUT2D eigenvalue weighted by Crippen LogP contribution is 2.32. The number of hydrogen-bond acceptors (Lipinski definition) is 5. The normalized spacial score (nSPS) is 23.3. The van der Waals surface area contributed by atoms with Gasteiger partial charge in [-0.2, -0.15) is 5.10 Å². The van der Waals surface area contributed by atoms with Gasteiger partial charge in [-0.1, -0.05) is 18.6 Å². The Morgan fingerprint density at radius 2 is 2.07 bits per heavy atom. The van der Waals surface area contributed by atoms with Crippen LogP contribution in [0.5, 0.6) is 0 Å². The van der Waals surface area contributed by atoms with Gasteiger partial charge in [0.25, 0.3) is 5.91 Å². The second kappa shape index (κ2) is 9.07. The molecule has 0 saturated carbocycles. The van der Waals surface area contributed by atoms with Gasteiger partial charge in [0.1, 0.15) is 0 Å². The minimum atomic E-state index is -0.145. The van der Waals surface area contributed by atoms with Crippen LogP contribution in [0.2, 0.25) is 0 Å². The molecule has 2 aliphatic heterocycles. The standard InChI is InChI=1S/C22H31N5O2/c1-25-15-19(14-24-25)21-20(16-26-8-3-2-4-9-26)29-11-10-27(21)22(28)18-7-5-6-17(12-18)13-23/h5-7,12,14-15,20-21H,2-4,8-11,13,16,23H2,1H3/t20-,21-/m0/s1. The molecule has 2 saturated heterocycles. The number of likely N-dealkylation sites (tertiary alicyclic amines) is 1. The molecule has 156 valence electrons. The molecule has 7 nitrogen and oxygen atoms in total. The maximum atomic E-state index is 13.5. The van der Waals surface area contributed by atoms with E-state index in [0.29, 0.717) is 25.3 Å². The fraction of sp³-hybridized carbons (Fsp3) is 0.545. The molecule has 7 heteroatoms. The number of nitrogens with zero attached hydrogens (tertiary/aromatic N) is 4. The van der Waals surface area contributed by atoms with Gasteiger partial charge >= 0.3 is 0 Å². The molecule has 2 fully saturated rings. The summed E-state index contributed by atoms with van der Waals surface area (Å²) in [5, 5.41) is 4.36. The number of nitrogens with two attached hydrogens (primary N) is 1. The molecule has 29 heavy (non-hydrogen) atoms. The predicted molar refractivity (Wildman–Crippen MR) is 111 cm³/mol. The predicted octanol–water partition coefficient (Wildman–Crippen LogP) is 1.95. The lowest BCUT2D eigenvalue weighted by Gasteiger charge is -2.43. The third-order valence-electron chi connectivity index (χ3n) is 5.98. The molecule has 0 spiro atoms. The van der Waals surface area contributed by atoms with Crippen molar-refractivity contribution in [1.29, 1.82) is 0 Å². The molecule has 0 bridgehead atoms. The lowest BCUT2D eigenvalue weighted by Crippen LogP contribution is -2.52. The Morgan fingerprint density at radius 3 is 2.79 bits per heavy atom. The van der Waals surface area contributed by atoms with Crippen molar-refractivity contribution < 1.29 is 9.53 Å². The molecule has 2 aliphatic rings. The summed E-state index contributed by atoms with van der Waals surface area (Å²) in [7, 11) is 1.91. The molecule has 2 N–H and O–H groups in total. The molecular formula is C22H31N5O2. The minimum Gasteiger partial charge on any atom is -0.373 e. The fourth-order valence-corrected chi connectivity index (χ4v) is 4.49. The lowest BCUT2D eigenvalue weighted by molar-refractivity contribution is -0.0741. The molecule has 1 aromatic carbocycles. The third kappa shape index (κ3) is 4.52. The third-order valence-corrected chi connectivity index (χ3v) is 5.98. The molecule has 0 unspecified atom stereocenters. The summed E-state index contributed by atoms with van der Waals surface area (Å²) in [5.41, 5.74) is 8.45. The second-order valence-electron chi connectivity index (χ2n) is 8.07. The van der Waals surface area contributed by atoms with Crippen LogP contribution >= 0.6 is 0 Å². The Kier molecular flexibility index (Phi) is 6.28. The van der Waals surface area contributed by atoms with E-state index >= 15 is 0 Å². The molecule has 1 amide bonds. The highest BCUT2D eigenvalue weighted by Gasteiger charge is 2.38. The number of piperidine rings is 1. The molecule has 1 aromatic heterocycles. The topological polar surface area (TPSA) is 76.6 Å². The summed E-state index contributed by atoms with van der Waals surface area (Å²) in [4.78, 5) is 17.9. The van der Waals surface area contributed by atoms with E-state index in [9.17, 15) is 4.79 Å². The van der Waals surface area contributed by atoms with Gasteiger partial charge in [0.05, 0.1) is 24.9 Å². The van der Waals surface area contributed by atoms with E-state index in [0.717, 1.165) is 30.8 Å². The van der Waals surface area contributed by atoms with Gasteiger partial charge < -0.3 is 20.3 Å². The molecule has 0 aliphatic carbocycles. The fourth-order valence-electron chi connectivity index (χ4n) is 4.49. The Morgan fingerprint density at radius 1 is 1.24 bits per heavy atom. The summed E-state index contributed by atoms with van der Waals surface area (Å²) in [5.74, 6) is 0.0288. The van der Waals surface area contributed by atoms with Crippen LogP contribution in [0, 0.1) is 0 Å². The number of aromatic nitrogens is 2. The summed E-state index contributed by atoms with van der Waals surface area (Å²) in [6.45, 7) is 4.59. The van der Waals surface area contributed by atoms with Crippen LogP contribution in [0.1, 0.15) is 46.8 Å². The van der Waals surface area contributed by atoms with Crippen LogP contribution in [0.15, 0.2) is 36.7 Å². The number of carbonyl (C=O) groups excluding carboxylic acids is 1. The maximum absolute atomic E-state index is 13.5. The zero-order valence-electron chi connectivity index (χ0n) is 17.2. The first kappa shape index (κ1) is 20.1. The van der Waals surface area contributed by atoms with Crippen molar-refractivity contribution in [2.75, 3.05) is 32.8 Å². The van der Waals surface area contributed by atoms with Gasteiger partial charge in [-0.3, -0.25) is 9.48 Å². The van der Waals surface area contributed by atoms with Crippen molar-refractivity contribution in [2.24, 2.45) is 12.8 Å². The smallest absolute Gasteiger partial charge is 0.254 e. The van der Waals surface area contributed by atoms with Crippen LogP contribution in [0.3, 0.4) is 0 Å². The van der Waals surface area contributed by atoms with Crippen molar-refractivity contribution in [2.45, 2.75) is 38.0 Å². The summed E-state index contributed by atoms with van der Waals surface area (Å²) in [6, 6.07) is 7.48. The van der Waals surface area contributed by atoms with E-state index in [1.54, 1.807) is 4.68 Å². The van der Waals surface area contributed by atoms with Crippen molar-refractivity contribution in [3.63, 3.8) is 0 Å². The van der Waals surface area contributed by atoms with Crippen molar-refractivity contribution in [3.05, 3.63) is 53.3 Å². The maximum Gasteiger partial charge on any atom is 0.254 e. The monoisotopic (exact) mass is 397 g/mol. The van der Waals surface area contributed by atoms with E-state index in [1.807, 2.05) is 48.6 Å². The molecule has 4 rings (SSSR count). The molecule has 3 heterocycles. The number of aryl methyl sites for hydroxylation is 1. The van der Waals surface area contributed by atoms with Gasteiger partial charge in [-0.05, 0) is 43.6 Å². The lowest BCUT2D eigenvalue weighted by atomic mass is 9.98. The van der Waals surface area contributed by atoms with Gasteiger partial charge in [0.2, 0.25) is 0 Å². The van der Waals surface area contributed by atoms with Crippen LogP contribution in [0.25, 0.3) is 0 Å². The Hall–Kier alpha value is -2.22. The largest absolute Gasteiger partial charge is 0.373 e. The summed E-state index contributed by atoms with van der Waals surface area (Å²) in [6.07, 6.45) is 7.57. The highest BCUT2D eigenvalue weighted by atomic mass is 16.5. The summed E-state index contributed by atoms with van der Waals surface area (Å²) < 4.78 is 8.02. The molecule has 0 radical (unpaired) electrons. The van der Waals surface area contributed by atoms with E-state index in [-0.39, 0.29) is 18.1 Å². The molecule has 2 aromatic rings. The first-order chi connectivity index (χ1) is 14.2. The summed E-state index contributed by atoms with van der Waals surface area (Å²) >= 11 is 0. The van der Waals surface area contributed by atoms with Crippen molar-refractivity contribution >= 4 is 5.91 Å². The average molecular weight is 398 g/mol. The SMILES string of the molecule is Cn1cc([C@H]2[C@H](CN3CCCCC3)OCCN2C(=O)c2cccc(CN)c2)cn1. The van der Waals surface area contributed by atoms with Crippen LogP contribution in [-0.2, 0) is 18.3 Å². The van der Waals surface area contributed by atoms with E-state index in [1.165, 1.54) is 19.3 Å². The number of benzene rings is 1. The van der Waals surface area contributed by atoms with E-state index in [2.05, 4.69) is 10.00 Å². The number of hydrogen-bond donors (Lipinski definition) is 1. The second-order valence-corrected chi connectivity index (χ2v) is 8.07. The molecular weight excluding hydrogens is 366 g/mol. The Balaban J connectivity index is 1.62. The first-order valence-corrected chi connectivity index (χ1v) is 10.6. The Bertz CT molecular complexity index is 830. The van der Waals surface area contributed by atoms with Crippen molar-refractivity contribution in [3.8, 4) is 0 Å². The van der Waals surface area contributed by atoms with E-state index < -0.39 is 0 Å². The van der Waals surface area contributed by atoms with Crippen LogP contribution in [0.4, 0.5) is 0 Å². The zero-order valence-corrected chi connectivity index (χ0v) is 17.2. The van der Waals surface area contributed by atoms with Gasteiger partial charge in [-0.15, -0.1) is 0 Å². The van der Waals surface area contributed by atoms with Gasteiger partial charge in [0.15, 0.2) is 0 Å². The number of morpholine rings is 1. The number of carbonyl (C=O) groups is 1. The van der Waals surface area contributed by atoms with Gasteiger partial charge in [-0.25, -0.2) is 0 Å². The van der Waals surface area contributed by atoms with Gasteiger partial charge in [0, 0.05) is 44.0 Å². The molecule has 2 atom stereocenters. The zero-order chi connectivity index (χ0) is 20.2. The van der Waals surface area contributed by atoms with Crippen LogP contribution < -0.4 is 5.73 Å². The number of ether oxygens (including phenoxy) is 1. The number of rotatable bonds is 5. The van der Waals surface area contributed by atoms with Crippen molar-refractivity contribution in [1.82, 2.24) is 19.6 Å². The van der Waals surface area contributed by atoms with Crippen LogP contribution in [-0.4, -0.2) is 64.4 Å². The Labute approximate surface area is 172 Å². The highest BCUT2D eigenvalue weighted by molar-refractivity contribution is 5.94. The van der Waals surface area contributed by atoms with E-state index in [4.69, 9.17) is 10.5 Å². The quantitative estimate of drug-likeness (QED) is 0.835. The number of amides is 1.